The third kappa shape index (κ3) is 8.12. The van der Waals surface area contributed by atoms with Crippen LogP contribution in [-0.2, 0) is 9.53 Å². The Hall–Kier alpha value is -3.59. The maximum atomic E-state index is 12.3. The summed E-state index contributed by atoms with van der Waals surface area (Å²) >= 11 is 0. The van der Waals surface area contributed by atoms with Crippen molar-refractivity contribution < 1.29 is 24.2 Å². The molecule has 0 radical (unpaired) electrons. The third-order valence-corrected chi connectivity index (χ3v) is 5.38. The van der Waals surface area contributed by atoms with Gasteiger partial charge >= 0.3 is 18.1 Å². The number of urea groups is 1. The summed E-state index contributed by atoms with van der Waals surface area (Å²) in [6.45, 7) is 4.08. The molecule has 1 fully saturated rings. The number of ether oxygens (including phenoxy) is 1. The highest BCUT2D eigenvalue weighted by molar-refractivity contribution is 6.00. The topological polar surface area (TPSA) is 120 Å². The van der Waals surface area contributed by atoms with Crippen molar-refractivity contribution in [2.24, 2.45) is 0 Å². The number of aliphatic carboxylic acids is 1. The van der Waals surface area contributed by atoms with E-state index in [0.717, 1.165) is 30.6 Å². The molecule has 9 nitrogen and oxygen atoms in total. The second-order valence-corrected chi connectivity index (χ2v) is 8.06. The molecule has 0 aliphatic carbocycles. The van der Waals surface area contributed by atoms with Gasteiger partial charge in [-0.3, -0.25) is 15.0 Å². The monoisotopic (exact) mass is 454 g/mol. The van der Waals surface area contributed by atoms with Crippen LogP contribution in [0.2, 0.25) is 0 Å². The van der Waals surface area contributed by atoms with Crippen LogP contribution in [-0.4, -0.2) is 53.8 Å². The van der Waals surface area contributed by atoms with Gasteiger partial charge in [0.1, 0.15) is 6.10 Å². The van der Waals surface area contributed by atoms with Crippen molar-refractivity contribution in [3.05, 3.63) is 54.1 Å². The molecule has 3 amide bonds. The van der Waals surface area contributed by atoms with E-state index in [1.807, 2.05) is 31.2 Å². The number of likely N-dealkylation sites (tertiary alicyclic amines) is 1. The van der Waals surface area contributed by atoms with E-state index < -0.39 is 12.1 Å². The van der Waals surface area contributed by atoms with E-state index in [9.17, 15) is 14.4 Å². The Labute approximate surface area is 193 Å². The van der Waals surface area contributed by atoms with E-state index in [1.54, 1.807) is 24.3 Å². The molecule has 1 unspecified atom stereocenters. The van der Waals surface area contributed by atoms with Crippen molar-refractivity contribution in [3.63, 3.8) is 0 Å². The van der Waals surface area contributed by atoms with Crippen LogP contribution in [0.5, 0.6) is 0 Å². The lowest BCUT2D eigenvalue weighted by Crippen LogP contribution is -2.41. The molecule has 0 spiro atoms. The zero-order valence-corrected chi connectivity index (χ0v) is 18.7. The zero-order chi connectivity index (χ0) is 23.6. The number of piperidine rings is 1. The van der Waals surface area contributed by atoms with Gasteiger partial charge in [0.2, 0.25) is 0 Å². The van der Waals surface area contributed by atoms with E-state index in [-0.39, 0.29) is 18.6 Å². The highest BCUT2D eigenvalue weighted by Crippen LogP contribution is 2.18. The highest BCUT2D eigenvalue weighted by Gasteiger charge is 2.23. The van der Waals surface area contributed by atoms with E-state index in [2.05, 4.69) is 20.9 Å². The van der Waals surface area contributed by atoms with Crippen LogP contribution >= 0.6 is 0 Å². The largest absolute Gasteiger partial charge is 0.481 e. The molecule has 1 atom stereocenters. The van der Waals surface area contributed by atoms with Crippen molar-refractivity contribution in [2.45, 2.75) is 38.7 Å². The molecule has 4 N–H and O–H groups in total. The maximum absolute atomic E-state index is 12.3. The number of carboxylic acid groups (broad SMARTS) is 1. The Bertz CT molecular complexity index is 964. The summed E-state index contributed by atoms with van der Waals surface area (Å²) < 4.78 is 5.54. The average Bonchev–Trinajstić information content (AvgIpc) is 2.77. The number of carbonyl (C=O) groups excluding carboxylic acids is 2. The molecule has 2 aromatic carbocycles. The summed E-state index contributed by atoms with van der Waals surface area (Å²) in [6, 6.07) is 13.9. The van der Waals surface area contributed by atoms with Crippen LogP contribution in [0.3, 0.4) is 0 Å². The number of benzene rings is 2. The quantitative estimate of drug-likeness (QED) is 0.466. The summed E-state index contributed by atoms with van der Waals surface area (Å²) in [5.41, 5.74) is 2.84. The summed E-state index contributed by atoms with van der Waals surface area (Å²) in [5.74, 6) is -0.799. The van der Waals surface area contributed by atoms with Crippen molar-refractivity contribution >= 4 is 35.2 Å². The summed E-state index contributed by atoms with van der Waals surface area (Å²) in [5, 5.41) is 17.0. The first kappa shape index (κ1) is 24.1. The molecule has 1 aliphatic heterocycles. The van der Waals surface area contributed by atoms with Crippen molar-refractivity contribution in [3.8, 4) is 0 Å². The van der Waals surface area contributed by atoms with Crippen LogP contribution in [0, 0.1) is 6.92 Å². The summed E-state index contributed by atoms with van der Waals surface area (Å²) in [6.07, 6.45) is 1.64. The van der Waals surface area contributed by atoms with Crippen LogP contribution in [0.1, 0.15) is 31.2 Å². The van der Waals surface area contributed by atoms with Gasteiger partial charge < -0.3 is 20.5 Å². The van der Waals surface area contributed by atoms with Crippen molar-refractivity contribution in [1.29, 1.82) is 0 Å². The molecule has 3 rings (SSSR count). The number of amides is 3. The maximum Gasteiger partial charge on any atom is 0.411 e. The fraction of sp³-hybridized carbons (Fsp3) is 0.375. The minimum atomic E-state index is -0.799. The second-order valence-electron chi connectivity index (χ2n) is 8.06. The van der Waals surface area contributed by atoms with Gasteiger partial charge in [-0.25, -0.2) is 9.59 Å². The molecule has 2 aromatic rings. The van der Waals surface area contributed by atoms with Gasteiger partial charge in [-0.15, -0.1) is 0 Å². The molecule has 176 valence electrons. The van der Waals surface area contributed by atoms with Crippen LogP contribution in [0.4, 0.5) is 26.7 Å². The third-order valence-electron chi connectivity index (χ3n) is 5.38. The first-order valence-corrected chi connectivity index (χ1v) is 11.0. The van der Waals surface area contributed by atoms with Gasteiger partial charge in [0, 0.05) is 30.0 Å². The Morgan fingerprint density at radius 1 is 1.03 bits per heavy atom. The van der Waals surface area contributed by atoms with Crippen LogP contribution in [0.25, 0.3) is 0 Å². The number of carboxylic acids is 1. The molecule has 1 heterocycles. The molecular weight excluding hydrogens is 424 g/mol. The molecular formula is C24H30N4O5. The van der Waals surface area contributed by atoms with Gasteiger partial charge in [-0.1, -0.05) is 18.2 Å². The minimum Gasteiger partial charge on any atom is -0.481 e. The van der Waals surface area contributed by atoms with Crippen LogP contribution in [0.15, 0.2) is 48.5 Å². The van der Waals surface area contributed by atoms with Gasteiger partial charge in [0.15, 0.2) is 0 Å². The fourth-order valence-corrected chi connectivity index (χ4v) is 3.70. The van der Waals surface area contributed by atoms with E-state index in [4.69, 9.17) is 9.84 Å². The predicted molar refractivity (Wildman–Crippen MR) is 127 cm³/mol. The molecule has 0 aromatic heterocycles. The van der Waals surface area contributed by atoms with Gasteiger partial charge in [-0.05, 0) is 75.2 Å². The van der Waals surface area contributed by atoms with E-state index in [0.29, 0.717) is 30.9 Å². The number of hydrogen-bond acceptors (Lipinski definition) is 5. The lowest BCUT2D eigenvalue weighted by atomic mass is 10.1. The Morgan fingerprint density at radius 2 is 1.73 bits per heavy atom. The summed E-state index contributed by atoms with van der Waals surface area (Å²) in [4.78, 5) is 37.3. The van der Waals surface area contributed by atoms with Crippen LogP contribution < -0.4 is 16.0 Å². The molecule has 0 bridgehead atoms. The smallest absolute Gasteiger partial charge is 0.411 e. The number of nitrogens with one attached hydrogen (secondary N) is 3. The van der Waals surface area contributed by atoms with E-state index >= 15 is 0 Å². The number of aryl methyl sites for hydroxylation is 1. The Morgan fingerprint density at radius 3 is 2.42 bits per heavy atom. The molecule has 1 saturated heterocycles. The zero-order valence-electron chi connectivity index (χ0n) is 18.7. The molecule has 1 aliphatic rings. The van der Waals surface area contributed by atoms with Gasteiger partial charge in [-0.2, -0.15) is 0 Å². The SMILES string of the molecule is Cc1ccccc1NC(=O)Nc1ccc(NC(=O)OC2CCCN(CCCC(=O)O)C2)cc1. The number of rotatable bonds is 8. The molecule has 9 heteroatoms. The highest BCUT2D eigenvalue weighted by atomic mass is 16.6. The number of hydrogen-bond donors (Lipinski definition) is 4. The predicted octanol–water partition coefficient (Wildman–Crippen LogP) is 4.52. The molecule has 33 heavy (non-hydrogen) atoms. The first-order chi connectivity index (χ1) is 15.9. The minimum absolute atomic E-state index is 0.140. The standard InChI is InChI=1S/C24H30N4O5/c1-17-6-2-3-8-21(17)27-23(31)25-18-10-12-19(13-11-18)26-24(32)33-20-7-4-14-28(16-20)15-5-9-22(29)30/h2-3,6,8,10-13,20H,4-5,7,9,14-16H2,1H3,(H,26,32)(H,29,30)(H2,25,27,31). The Balaban J connectivity index is 1.42. The van der Waals surface area contributed by atoms with E-state index in [1.165, 1.54) is 0 Å². The summed E-state index contributed by atoms with van der Waals surface area (Å²) in [7, 11) is 0. The number of para-hydroxylation sites is 1. The van der Waals surface area contributed by atoms with Crippen molar-refractivity contribution in [2.75, 3.05) is 35.6 Å². The first-order valence-electron chi connectivity index (χ1n) is 11.0. The average molecular weight is 455 g/mol. The normalized spacial score (nSPS) is 16.0. The Kier molecular flexibility index (Phi) is 8.65. The van der Waals surface area contributed by atoms with Crippen molar-refractivity contribution in [1.82, 2.24) is 4.90 Å². The molecule has 0 saturated carbocycles. The second kappa shape index (κ2) is 11.9. The van der Waals surface area contributed by atoms with Gasteiger partial charge in [0.05, 0.1) is 0 Å². The van der Waals surface area contributed by atoms with Gasteiger partial charge in [0.25, 0.3) is 0 Å². The number of carbonyl (C=O) groups is 3. The lowest BCUT2D eigenvalue weighted by molar-refractivity contribution is -0.137. The lowest BCUT2D eigenvalue weighted by Gasteiger charge is -2.32. The number of anilines is 3. The fourth-order valence-electron chi connectivity index (χ4n) is 3.70. The number of nitrogens with zero attached hydrogens (tertiary/aromatic N) is 1.